The normalized spacial score (nSPS) is 47.9. The van der Waals surface area contributed by atoms with Crippen LogP contribution in [-0.2, 0) is 33.2 Å². The summed E-state index contributed by atoms with van der Waals surface area (Å²) in [7, 11) is 0. The van der Waals surface area contributed by atoms with Crippen molar-refractivity contribution >= 4 is 5.97 Å². The van der Waals surface area contributed by atoms with Gasteiger partial charge in [-0.2, -0.15) is 0 Å². The van der Waals surface area contributed by atoms with Crippen LogP contribution in [0, 0.1) is 5.92 Å². The largest absolute Gasteiger partial charge is 0.479 e. The first kappa shape index (κ1) is 31.0. The molecule has 13 nitrogen and oxygen atoms in total. The van der Waals surface area contributed by atoms with Gasteiger partial charge in [0, 0.05) is 6.61 Å². The second kappa shape index (κ2) is 13.8. The molecule has 14 atom stereocenters. The van der Waals surface area contributed by atoms with Crippen LogP contribution in [0.5, 0.6) is 0 Å². The van der Waals surface area contributed by atoms with Crippen LogP contribution in [0.25, 0.3) is 0 Å². The third kappa shape index (κ3) is 6.92. The van der Waals surface area contributed by atoms with E-state index in [9.17, 15) is 35.4 Å². The van der Waals surface area contributed by atoms with Crippen LogP contribution in [0.1, 0.15) is 58.8 Å². The molecule has 3 aliphatic heterocycles. The van der Waals surface area contributed by atoms with Crippen molar-refractivity contribution in [3.8, 4) is 0 Å². The van der Waals surface area contributed by atoms with Gasteiger partial charge in [-0.25, -0.2) is 4.79 Å². The molecule has 3 heterocycles. The molecule has 4 aliphatic rings. The summed E-state index contributed by atoms with van der Waals surface area (Å²) in [4.78, 5) is 11.8. The Morgan fingerprint density at radius 3 is 2.31 bits per heavy atom. The minimum Gasteiger partial charge on any atom is -0.479 e. The number of carbonyl (C=O) groups is 1. The molecule has 13 heteroatoms. The molecule has 4 fully saturated rings. The Morgan fingerprint density at radius 2 is 1.62 bits per heavy atom. The molecule has 0 aromatic rings. The minimum atomic E-state index is -1.47. The second-order valence-corrected chi connectivity index (χ2v) is 11.0. The smallest absolute Gasteiger partial charge is 0.332 e. The van der Waals surface area contributed by atoms with Crippen LogP contribution in [0.2, 0.25) is 0 Å². The van der Waals surface area contributed by atoms with Gasteiger partial charge in [0.05, 0.1) is 24.9 Å². The van der Waals surface area contributed by atoms with Gasteiger partial charge in [0.15, 0.2) is 18.7 Å². The maximum atomic E-state index is 11.8. The van der Waals surface area contributed by atoms with Crippen LogP contribution in [0.15, 0.2) is 0 Å². The summed E-state index contributed by atoms with van der Waals surface area (Å²) in [6.45, 7) is 3.32. The SMILES string of the molecule is CC[C@@H]1CCC[C@@H](O[C@@H]2OC(CO)[C@H](O)C3O[C@@H](C(=O)O)CCCCOC32)C1OC1OC(C)[C@@H](O)C(O)[C@@H]1O. The van der Waals surface area contributed by atoms with Crippen LogP contribution in [-0.4, -0.2) is 130 Å². The van der Waals surface area contributed by atoms with E-state index in [-0.39, 0.29) is 18.9 Å². The van der Waals surface area contributed by atoms with Crippen molar-refractivity contribution in [3.05, 3.63) is 0 Å². The van der Waals surface area contributed by atoms with E-state index in [0.29, 0.717) is 19.3 Å². The van der Waals surface area contributed by atoms with Crippen molar-refractivity contribution in [3.63, 3.8) is 0 Å². The van der Waals surface area contributed by atoms with Crippen LogP contribution < -0.4 is 0 Å². The Labute approximate surface area is 227 Å². The van der Waals surface area contributed by atoms with E-state index in [0.717, 1.165) is 19.3 Å². The van der Waals surface area contributed by atoms with Crippen molar-refractivity contribution < 1.29 is 63.9 Å². The van der Waals surface area contributed by atoms with E-state index in [1.54, 1.807) is 6.92 Å². The van der Waals surface area contributed by atoms with E-state index in [4.69, 9.17) is 28.4 Å². The first-order chi connectivity index (χ1) is 18.7. The molecule has 39 heavy (non-hydrogen) atoms. The van der Waals surface area contributed by atoms with E-state index in [2.05, 4.69) is 0 Å². The highest BCUT2D eigenvalue weighted by Gasteiger charge is 2.51. The van der Waals surface area contributed by atoms with E-state index in [1.165, 1.54) is 0 Å². The third-order valence-electron chi connectivity index (χ3n) is 8.39. The quantitative estimate of drug-likeness (QED) is 0.227. The Kier molecular flexibility index (Phi) is 11.0. The number of aliphatic carboxylic acids is 1. The first-order valence-electron chi connectivity index (χ1n) is 14.1. The molecule has 1 aliphatic carbocycles. The van der Waals surface area contributed by atoms with Crippen molar-refractivity contribution in [1.82, 2.24) is 0 Å². The molecule has 3 saturated heterocycles. The number of carboxylic acids is 1. The molecule has 0 bridgehead atoms. The third-order valence-corrected chi connectivity index (χ3v) is 8.39. The summed E-state index contributed by atoms with van der Waals surface area (Å²) in [6.07, 6.45) is -9.75. The van der Waals surface area contributed by atoms with Gasteiger partial charge in [-0.3, -0.25) is 0 Å². The summed E-state index contributed by atoms with van der Waals surface area (Å²) in [5.74, 6) is -1.13. The number of rotatable bonds is 7. The zero-order valence-corrected chi connectivity index (χ0v) is 22.5. The van der Waals surface area contributed by atoms with Crippen molar-refractivity contribution in [2.75, 3.05) is 13.2 Å². The van der Waals surface area contributed by atoms with Gasteiger partial charge in [0.1, 0.15) is 42.7 Å². The molecule has 0 amide bonds. The number of carboxylic acid groups (broad SMARTS) is 1. The molecule has 0 aromatic heterocycles. The van der Waals surface area contributed by atoms with E-state index < -0.39 is 92.3 Å². The maximum absolute atomic E-state index is 11.8. The van der Waals surface area contributed by atoms with Gasteiger partial charge < -0.3 is 59.1 Å². The Bertz CT molecular complexity index is 785. The Hall–Kier alpha value is -0.970. The molecule has 0 spiro atoms. The lowest BCUT2D eigenvalue weighted by atomic mass is 9.82. The minimum absolute atomic E-state index is 0.0200. The predicted molar refractivity (Wildman–Crippen MR) is 131 cm³/mol. The molecule has 6 N–H and O–H groups in total. The van der Waals surface area contributed by atoms with Crippen LogP contribution in [0.4, 0.5) is 0 Å². The standard InChI is InChI=1S/C26H44O13/c1-3-13-7-6-9-14(21(13)39-25-20(31)19(30)17(28)12(2)35-25)37-26-23-22(18(29)16(11-27)38-26)36-15(24(32)33)8-4-5-10-34-23/h12-23,25-31H,3-11H2,1-2H3,(H,32,33)/t12?,13-,14-,15-,16?,17-,18+,19?,20+,21?,22?,23?,25?,26-/m1/s1. The summed E-state index contributed by atoms with van der Waals surface area (Å²) in [5, 5.41) is 61.4. The Morgan fingerprint density at radius 1 is 0.846 bits per heavy atom. The number of aliphatic hydroxyl groups is 5. The molecule has 7 unspecified atom stereocenters. The highest BCUT2D eigenvalue weighted by atomic mass is 16.7. The number of hydrogen-bond donors (Lipinski definition) is 6. The van der Waals surface area contributed by atoms with Crippen LogP contribution >= 0.6 is 0 Å². The fourth-order valence-corrected chi connectivity index (χ4v) is 6.02. The highest BCUT2D eigenvalue weighted by Crippen LogP contribution is 2.37. The molecular weight excluding hydrogens is 520 g/mol. The average Bonchev–Trinajstić information content (AvgIpc) is 3.03. The Balaban J connectivity index is 1.56. The number of ether oxygens (including phenoxy) is 6. The summed E-state index contributed by atoms with van der Waals surface area (Å²) < 4.78 is 36.2. The lowest BCUT2D eigenvalue weighted by Crippen LogP contribution is -2.63. The summed E-state index contributed by atoms with van der Waals surface area (Å²) >= 11 is 0. The van der Waals surface area contributed by atoms with E-state index in [1.807, 2.05) is 6.92 Å². The lowest BCUT2D eigenvalue weighted by Gasteiger charge is -2.48. The number of aliphatic hydroxyl groups excluding tert-OH is 5. The summed E-state index contributed by atoms with van der Waals surface area (Å²) in [5.41, 5.74) is 0. The molecule has 1 saturated carbocycles. The first-order valence-corrected chi connectivity index (χ1v) is 14.1. The fraction of sp³-hybridized carbons (Fsp3) is 0.962. The topological polar surface area (TPSA) is 194 Å². The van der Waals surface area contributed by atoms with Gasteiger partial charge >= 0.3 is 5.97 Å². The second-order valence-electron chi connectivity index (χ2n) is 11.0. The monoisotopic (exact) mass is 564 g/mol. The molecular formula is C26H44O13. The maximum Gasteiger partial charge on any atom is 0.332 e. The van der Waals surface area contributed by atoms with Gasteiger partial charge in [-0.15, -0.1) is 0 Å². The van der Waals surface area contributed by atoms with Gasteiger partial charge in [0.25, 0.3) is 0 Å². The molecule has 226 valence electrons. The molecule has 4 rings (SSSR count). The number of hydrogen-bond acceptors (Lipinski definition) is 12. The van der Waals surface area contributed by atoms with Gasteiger partial charge in [-0.05, 0) is 44.9 Å². The highest BCUT2D eigenvalue weighted by molar-refractivity contribution is 5.72. The average molecular weight is 565 g/mol. The van der Waals surface area contributed by atoms with Crippen molar-refractivity contribution in [2.45, 2.75) is 139 Å². The molecule has 0 radical (unpaired) electrons. The predicted octanol–water partition coefficient (Wildman–Crippen LogP) is -0.720. The van der Waals surface area contributed by atoms with E-state index >= 15 is 0 Å². The summed E-state index contributed by atoms with van der Waals surface area (Å²) in [6, 6.07) is 0. The fourth-order valence-electron chi connectivity index (χ4n) is 6.02. The zero-order chi connectivity index (χ0) is 28.3. The molecule has 0 aromatic carbocycles. The number of fused-ring (bicyclic) bond motifs is 1. The lowest BCUT2D eigenvalue weighted by molar-refractivity contribution is -0.352. The van der Waals surface area contributed by atoms with Crippen molar-refractivity contribution in [2.24, 2.45) is 5.92 Å². The van der Waals surface area contributed by atoms with Gasteiger partial charge in [0.2, 0.25) is 0 Å². The van der Waals surface area contributed by atoms with Gasteiger partial charge in [-0.1, -0.05) is 19.8 Å². The van der Waals surface area contributed by atoms with Crippen LogP contribution in [0.3, 0.4) is 0 Å². The van der Waals surface area contributed by atoms with Crippen molar-refractivity contribution in [1.29, 1.82) is 0 Å². The zero-order valence-electron chi connectivity index (χ0n) is 22.5.